The number of benzene rings is 1. The summed E-state index contributed by atoms with van der Waals surface area (Å²) in [6.45, 7) is 1.95. The molecule has 0 heterocycles. The van der Waals surface area contributed by atoms with E-state index < -0.39 is 0 Å². The quantitative estimate of drug-likeness (QED) is 0.705. The number of carbonyl (C=O) groups excluding carboxylic acids is 1. The Balaban J connectivity index is 3.06. The lowest BCUT2D eigenvalue weighted by Crippen LogP contribution is -1.98. The van der Waals surface area contributed by atoms with Crippen LogP contribution >= 0.6 is 23.2 Å². The summed E-state index contributed by atoms with van der Waals surface area (Å²) in [5.74, 6) is -0.121. The van der Waals surface area contributed by atoms with Crippen molar-refractivity contribution in [1.82, 2.24) is 0 Å². The van der Waals surface area contributed by atoms with Crippen LogP contribution in [-0.2, 0) is 4.79 Å². The van der Waals surface area contributed by atoms with E-state index in [1.165, 1.54) is 0 Å². The number of aldehydes is 1. The van der Waals surface area contributed by atoms with Crippen LogP contribution in [-0.4, -0.2) is 6.29 Å². The third kappa shape index (κ3) is 2.45. The maximum atomic E-state index is 10.7. The lowest BCUT2D eigenvalue weighted by molar-refractivity contribution is -0.109. The summed E-state index contributed by atoms with van der Waals surface area (Å²) >= 11 is 11.7. The Morgan fingerprint density at radius 2 is 2.15 bits per heavy atom. The molecular formula is C10H10Cl2O. The van der Waals surface area contributed by atoms with Crippen LogP contribution in [0.25, 0.3) is 0 Å². The van der Waals surface area contributed by atoms with Gasteiger partial charge in [-0.15, -0.1) is 0 Å². The van der Waals surface area contributed by atoms with Crippen LogP contribution in [0.15, 0.2) is 18.2 Å². The Kier molecular flexibility index (Phi) is 3.76. The van der Waals surface area contributed by atoms with E-state index in [4.69, 9.17) is 23.2 Å². The van der Waals surface area contributed by atoms with Crippen LogP contribution < -0.4 is 0 Å². The molecule has 0 aliphatic rings. The highest BCUT2D eigenvalue weighted by Crippen LogP contribution is 2.28. The number of halogens is 2. The minimum atomic E-state index is -0.121. The highest BCUT2D eigenvalue weighted by molar-refractivity contribution is 6.35. The molecule has 3 heteroatoms. The van der Waals surface area contributed by atoms with Crippen LogP contribution in [0.1, 0.15) is 24.8 Å². The fourth-order valence-electron chi connectivity index (χ4n) is 1.19. The molecule has 0 amide bonds. The molecule has 1 rings (SSSR count). The Morgan fingerprint density at radius 3 is 2.62 bits per heavy atom. The summed E-state index contributed by atoms with van der Waals surface area (Å²) in [5.41, 5.74) is 0.851. The molecule has 0 spiro atoms. The first-order valence-electron chi connectivity index (χ1n) is 4.09. The lowest BCUT2D eigenvalue weighted by atomic mass is 9.98. The Bertz CT molecular complexity index is 310. The van der Waals surface area contributed by atoms with Crippen molar-refractivity contribution in [3.63, 3.8) is 0 Å². The summed E-state index contributed by atoms with van der Waals surface area (Å²) in [7, 11) is 0. The van der Waals surface area contributed by atoms with Gasteiger partial charge >= 0.3 is 0 Å². The lowest BCUT2D eigenvalue weighted by Gasteiger charge is -2.09. The van der Waals surface area contributed by atoms with E-state index in [0.29, 0.717) is 10.0 Å². The fourth-order valence-corrected chi connectivity index (χ4v) is 1.74. The molecule has 70 valence electrons. The van der Waals surface area contributed by atoms with Crippen molar-refractivity contribution in [1.29, 1.82) is 0 Å². The molecule has 0 saturated carbocycles. The molecule has 0 aliphatic carbocycles. The zero-order valence-electron chi connectivity index (χ0n) is 7.26. The third-order valence-corrected chi connectivity index (χ3v) is 2.53. The molecule has 0 aliphatic heterocycles. The zero-order valence-corrected chi connectivity index (χ0v) is 8.77. The first-order chi connectivity index (χ1) is 6.19. The van der Waals surface area contributed by atoms with Gasteiger partial charge in [-0.3, -0.25) is 0 Å². The number of hydrogen-bond donors (Lipinski definition) is 0. The van der Waals surface area contributed by atoms with E-state index in [0.717, 1.165) is 18.3 Å². The van der Waals surface area contributed by atoms with Gasteiger partial charge in [-0.2, -0.15) is 0 Å². The molecule has 0 aromatic heterocycles. The van der Waals surface area contributed by atoms with Crippen LogP contribution in [0.5, 0.6) is 0 Å². The fraction of sp³-hybridized carbons (Fsp3) is 0.300. The van der Waals surface area contributed by atoms with E-state index >= 15 is 0 Å². The largest absolute Gasteiger partial charge is 0.303 e. The predicted octanol–water partition coefficient (Wildman–Crippen LogP) is 3.69. The van der Waals surface area contributed by atoms with Crippen molar-refractivity contribution in [3.05, 3.63) is 33.8 Å². The molecule has 0 saturated heterocycles. The minimum Gasteiger partial charge on any atom is -0.303 e. The Hall–Kier alpha value is -0.530. The van der Waals surface area contributed by atoms with Crippen LogP contribution in [0.3, 0.4) is 0 Å². The van der Waals surface area contributed by atoms with Gasteiger partial charge in [0.1, 0.15) is 6.29 Å². The average Bonchev–Trinajstić information content (AvgIpc) is 2.10. The van der Waals surface area contributed by atoms with Crippen molar-refractivity contribution in [2.45, 2.75) is 19.3 Å². The monoisotopic (exact) mass is 216 g/mol. The van der Waals surface area contributed by atoms with Crippen LogP contribution in [0, 0.1) is 0 Å². The SMILES string of the molecule is CCC(C=O)c1ccc(Cl)cc1Cl. The van der Waals surface area contributed by atoms with Crippen molar-refractivity contribution in [3.8, 4) is 0 Å². The van der Waals surface area contributed by atoms with Crippen molar-refractivity contribution in [2.75, 3.05) is 0 Å². The molecular weight excluding hydrogens is 207 g/mol. The second-order valence-corrected chi connectivity index (χ2v) is 3.66. The average molecular weight is 217 g/mol. The highest BCUT2D eigenvalue weighted by atomic mass is 35.5. The third-order valence-electron chi connectivity index (χ3n) is 1.97. The molecule has 1 aromatic rings. The first-order valence-corrected chi connectivity index (χ1v) is 4.84. The van der Waals surface area contributed by atoms with E-state index in [2.05, 4.69) is 0 Å². The minimum absolute atomic E-state index is 0.121. The standard InChI is InChI=1S/C10H10Cl2O/c1-2-7(6-13)9-4-3-8(11)5-10(9)12/h3-7H,2H2,1H3. The summed E-state index contributed by atoms with van der Waals surface area (Å²) < 4.78 is 0. The smallest absolute Gasteiger partial charge is 0.127 e. The maximum Gasteiger partial charge on any atom is 0.127 e. The van der Waals surface area contributed by atoms with Gasteiger partial charge in [0.25, 0.3) is 0 Å². The second kappa shape index (κ2) is 4.64. The van der Waals surface area contributed by atoms with E-state index in [-0.39, 0.29) is 5.92 Å². The summed E-state index contributed by atoms with van der Waals surface area (Å²) in [5, 5.41) is 1.15. The van der Waals surface area contributed by atoms with Crippen LogP contribution in [0.2, 0.25) is 10.0 Å². The first kappa shape index (κ1) is 10.6. The summed E-state index contributed by atoms with van der Waals surface area (Å²) in [4.78, 5) is 10.7. The molecule has 1 nitrogen and oxygen atoms in total. The summed E-state index contributed by atoms with van der Waals surface area (Å²) in [6, 6.07) is 5.20. The van der Waals surface area contributed by atoms with Crippen molar-refractivity contribution >= 4 is 29.5 Å². The van der Waals surface area contributed by atoms with E-state index in [1.807, 2.05) is 6.92 Å². The van der Waals surface area contributed by atoms with Gasteiger partial charge in [0, 0.05) is 16.0 Å². The summed E-state index contributed by atoms with van der Waals surface area (Å²) in [6.07, 6.45) is 1.67. The van der Waals surface area contributed by atoms with E-state index in [1.54, 1.807) is 18.2 Å². The Labute approximate surface area is 87.7 Å². The van der Waals surface area contributed by atoms with Gasteiger partial charge in [-0.25, -0.2) is 0 Å². The number of carbonyl (C=O) groups is 1. The zero-order chi connectivity index (χ0) is 9.84. The van der Waals surface area contributed by atoms with Gasteiger partial charge < -0.3 is 4.79 Å². The van der Waals surface area contributed by atoms with Gasteiger partial charge in [-0.1, -0.05) is 36.2 Å². The molecule has 1 unspecified atom stereocenters. The van der Waals surface area contributed by atoms with Crippen LogP contribution in [0.4, 0.5) is 0 Å². The second-order valence-electron chi connectivity index (χ2n) is 2.82. The van der Waals surface area contributed by atoms with E-state index in [9.17, 15) is 4.79 Å². The van der Waals surface area contributed by atoms with Crippen molar-refractivity contribution in [2.24, 2.45) is 0 Å². The topological polar surface area (TPSA) is 17.1 Å². The number of hydrogen-bond acceptors (Lipinski definition) is 1. The highest BCUT2D eigenvalue weighted by Gasteiger charge is 2.11. The molecule has 13 heavy (non-hydrogen) atoms. The van der Waals surface area contributed by atoms with Gasteiger partial charge in [0.2, 0.25) is 0 Å². The molecule has 1 aromatic carbocycles. The van der Waals surface area contributed by atoms with Crippen molar-refractivity contribution < 1.29 is 4.79 Å². The maximum absolute atomic E-state index is 10.7. The molecule has 0 fully saturated rings. The van der Waals surface area contributed by atoms with Gasteiger partial charge in [0.05, 0.1) is 0 Å². The molecule has 0 bridgehead atoms. The Morgan fingerprint density at radius 1 is 1.46 bits per heavy atom. The van der Waals surface area contributed by atoms with Gasteiger partial charge in [-0.05, 0) is 24.1 Å². The number of rotatable bonds is 3. The van der Waals surface area contributed by atoms with Gasteiger partial charge in [0.15, 0.2) is 0 Å². The molecule has 0 N–H and O–H groups in total. The molecule has 0 radical (unpaired) electrons. The molecule has 1 atom stereocenters. The normalized spacial score (nSPS) is 12.5. The predicted molar refractivity (Wildman–Crippen MR) is 55.6 cm³/mol.